The Morgan fingerprint density at radius 2 is 0.686 bits per heavy atom. The first kappa shape index (κ1) is 29.2. The molecule has 238 valence electrons. The van der Waals surface area contributed by atoms with Gasteiger partial charge < -0.3 is 4.90 Å². The number of para-hydroxylation sites is 1. The topological polar surface area (TPSA) is 3.24 Å². The summed E-state index contributed by atoms with van der Waals surface area (Å²) in [5.74, 6) is 0. The number of benzene rings is 10. The minimum Gasteiger partial charge on any atom is -0.310 e. The molecule has 0 heterocycles. The molecule has 0 saturated carbocycles. The van der Waals surface area contributed by atoms with Gasteiger partial charge in [0.25, 0.3) is 0 Å². The lowest BCUT2D eigenvalue weighted by Crippen LogP contribution is -2.11. The summed E-state index contributed by atoms with van der Waals surface area (Å²) in [4.78, 5) is 2.44. The largest absolute Gasteiger partial charge is 0.310 e. The molecule has 0 spiro atoms. The number of rotatable bonds is 5. The zero-order valence-electron chi connectivity index (χ0n) is 28.0. The van der Waals surface area contributed by atoms with Crippen LogP contribution in [0.5, 0.6) is 0 Å². The van der Waals surface area contributed by atoms with E-state index < -0.39 is 0 Å². The van der Waals surface area contributed by atoms with Gasteiger partial charge in [0, 0.05) is 16.9 Å². The molecule has 0 saturated heterocycles. The van der Waals surface area contributed by atoms with Crippen LogP contribution in [0.25, 0.3) is 76.1 Å². The van der Waals surface area contributed by atoms with Crippen LogP contribution in [0.3, 0.4) is 0 Å². The quantitative estimate of drug-likeness (QED) is 0.168. The van der Waals surface area contributed by atoms with Crippen molar-refractivity contribution < 1.29 is 0 Å². The van der Waals surface area contributed by atoms with Crippen molar-refractivity contribution in [2.45, 2.75) is 0 Å². The van der Waals surface area contributed by atoms with Crippen molar-refractivity contribution in [1.29, 1.82) is 0 Å². The Kier molecular flexibility index (Phi) is 6.89. The second kappa shape index (κ2) is 12.0. The van der Waals surface area contributed by atoms with Gasteiger partial charge in [0.05, 0.1) is 5.69 Å². The summed E-state index contributed by atoms with van der Waals surface area (Å²) >= 11 is 0. The second-order valence-corrected chi connectivity index (χ2v) is 13.3. The van der Waals surface area contributed by atoms with Gasteiger partial charge in [-0.3, -0.25) is 0 Å². The molecule has 10 rings (SSSR count). The standard InChI is InChI=1S/C50H33N/c1-3-17-39-34(13-1)15-11-24-40(39)36-27-29-37(30-28-36)51(50-26-10-9-23-48(50)42-25-12-16-35-14-2-4-18-41(35)42)38-31-32-47-45-21-6-5-19-43(45)44-20-7-8-22-46(44)49(47)33-38/h1-33H. The third-order valence-electron chi connectivity index (χ3n) is 10.4. The summed E-state index contributed by atoms with van der Waals surface area (Å²) in [6, 6.07) is 73.1. The molecule has 0 amide bonds. The van der Waals surface area contributed by atoms with E-state index in [1.54, 1.807) is 0 Å². The lowest BCUT2D eigenvalue weighted by Gasteiger charge is -2.29. The molecule has 1 nitrogen and oxygen atoms in total. The molecule has 0 N–H and O–H groups in total. The third kappa shape index (κ3) is 4.86. The van der Waals surface area contributed by atoms with Gasteiger partial charge in [0.2, 0.25) is 0 Å². The average molecular weight is 648 g/mol. The number of hydrogen-bond donors (Lipinski definition) is 0. The fourth-order valence-corrected chi connectivity index (χ4v) is 8.09. The van der Waals surface area contributed by atoms with E-state index in [1.165, 1.54) is 76.1 Å². The smallest absolute Gasteiger partial charge is 0.0540 e. The van der Waals surface area contributed by atoms with Gasteiger partial charge in [-0.15, -0.1) is 0 Å². The predicted octanol–water partition coefficient (Wildman–Crippen LogP) is 14.3. The Hall–Kier alpha value is -6.70. The molecule has 0 aliphatic carbocycles. The number of anilines is 3. The summed E-state index contributed by atoms with van der Waals surface area (Å²) < 4.78 is 0. The Labute approximate surface area is 297 Å². The highest BCUT2D eigenvalue weighted by molar-refractivity contribution is 6.26. The van der Waals surface area contributed by atoms with Gasteiger partial charge >= 0.3 is 0 Å². The van der Waals surface area contributed by atoms with Gasteiger partial charge in [0.1, 0.15) is 0 Å². The van der Waals surface area contributed by atoms with Crippen LogP contribution in [-0.2, 0) is 0 Å². The maximum Gasteiger partial charge on any atom is 0.0540 e. The first-order valence-corrected chi connectivity index (χ1v) is 17.6. The molecule has 0 aromatic heterocycles. The van der Waals surface area contributed by atoms with E-state index in [0.717, 1.165) is 17.1 Å². The molecular weight excluding hydrogens is 615 g/mol. The van der Waals surface area contributed by atoms with Gasteiger partial charge in [0.15, 0.2) is 0 Å². The summed E-state index contributed by atoms with van der Waals surface area (Å²) in [7, 11) is 0. The van der Waals surface area contributed by atoms with Crippen molar-refractivity contribution in [1.82, 2.24) is 0 Å². The van der Waals surface area contributed by atoms with Crippen molar-refractivity contribution in [3.05, 3.63) is 200 Å². The lowest BCUT2D eigenvalue weighted by atomic mass is 9.93. The van der Waals surface area contributed by atoms with Crippen LogP contribution in [0.4, 0.5) is 17.1 Å². The van der Waals surface area contributed by atoms with Crippen molar-refractivity contribution in [3.63, 3.8) is 0 Å². The van der Waals surface area contributed by atoms with Crippen LogP contribution < -0.4 is 4.90 Å². The second-order valence-electron chi connectivity index (χ2n) is 13.3. The number of nitrogens with zero attached hydrogens (tertiary/aromatic N) is 1. The van der Waals surface area contributed by atoms with Crippen molar-refractivity contribution in [2.75, 3.05) is 4.90 Å². The number of fused-ring (bicyclic) bond motifs is 8. The molecule has 0 unspecified atom stereocenters. The molecule has 51 heavy (non-hydrogen) atoms. The third-order valence-corrected chi connectivity index (χ3v) is 10.4. The minimum atomic E-state index is 1.11. The molecule has 0 aliphatic heterocycles. The van der Waals surface area contributed by atoms with Crippen LogP contribution in [0.2, 0.25) is 0 Å². The molecule has 10 aromatic carbocycles. The first-order valence-electron chi connectivity index (χ1n) is 17.6. The zero-order chi connectivity index (χ0) is 33.7. The van der Waals surface area contributed by atoms with Crippen LogP contribution in [0, 0.1) is 0 Å². The molecule has 0 bridgehead atoms. The zero-order valence-corrected chi connectivity index (χ0v) is 28.0. The van der Waals surface area contributed by atoms with Crippen molar-refractivity contribution in [2.24, 2.45) is 0 Å². The molecular formula is C50H33N. The Balaban J connectivity index is 1.22. The molecule has 1 heteroatoms. The predicted molar refractivity (Wildman–Crippen MR) is 220 cm³/mol. The minimum absolute atomic E-state index is 1.11. The normalized spacial score (nSPS) is 11.5. The highest BCUT2D eigenvalue weighted by Crippen LogP contribution is 2.45. The molecule has 0 aliphatic rings. The van der Waals surface area contributed by atoms with E-state index in [4.69, 9.17) is 0 Å². The van der Waals surface area contributed by atoms with E-state index in [1.807, 2.05) is 0 Å². The van der Waals surface area contributed by atoms with E-state index in [9.17, 15) is 0 Å². The van der Waals surface area contributed by atoms with Crippen LogP contribution in [0.15, 0.2) is 200 Å². The van der Waals surface area contributed by atoms with Crippen LogP contribution >= 0.6 is 0 Å². The van der Waals surface area contributed by atoms with Gasteiger partial charge in [-0.1, -0.05) is 170 Å². The molecule has 0 fully saturated rings. The average Bonchev–Trinajstić information content (AvgIpc) is 3.21. The summed E-state index contributed by atoms with van der Waals surface area (Å²) in [5.41, 5.74) is 8.22. The highest BCUT2D eigenvalue weighted by Gasteiger charge is 2.20. The first-order chi connectivity index (χ1) is 25.3. The van der Waals surface area contributed by atoms with E-state index in [-0.39, 0.29) is 0 Å². The Morgan fingerprint density at radius 3 is 1.33 bits per heavy atom. The van der Waals surface area contributed by atoms with E-state index in [0.29, 0.717) is 0 Å². The van der Waals surface area contributed by atoms with E-state index >= 15 is 0 Å². The molecule has 0 radical (unpaired) electrons. The lowest BCUT2D eigenvalue weighted by molar-refractivity contribution is 1.29. The monoisotopic (exact) mass is 647 g/mol. The van der Waals surface area contributed by atoms with Crippen LogP contribution in [-0.4, -0.2) is 0 Å². The molecule has 0 atom stereocenters. The fourth-order valence-electron chi connectivity index (χ4n) is 8.09. The van der Waals surface area contributed by atoms with Gasteiger partial charge in [-0.05, 0) is 101 Å². The van der Waals surface area contributed by atoms with Gasteiger partial charge in [-0.25, -0.2) is 0 Å². The molecule has 10 aromatic rings. The summed E-state index contributed by atoms with van der Waals surface area (Å²) in [5, 5.41) is 12.6. The van der Waals surface area contributed by atoms with E-state index in [2.05, 4.69) is 205 Å². The fraction of sp³-hybridized carbons (Fsp3) is 0. The Morgan fingerprint density at radius 1 is 0.255 bits per heavy atom. The maximum absolute atomic E-state index is 2.44. The number of hydrogen-bond acceptors (Lipinski definition) is 1. The van der Waals surface area contributed by atoms with Crippen molar-refractivity contribution >= 4 is 70.9 Å². The van der Waals surface area contributed by atoms with Crippen molar-refractivity contribution in [3.8, 4) is 22.3 Å². The SMILES string of the molecule is c1ccc(N(c2ccc(-c3cccc4ccccc34)cc2)c2ccc3c4ccccc4c4ccccc4c3c2)c(-c2cccc3ccccc23)c1. The summed E-state index contributed by atoms with van der Waals surface area (Å²) in [6.07, 6.45) is 0. The Bertz CT molecular complexity index is 2870. The summed E-state index contributed by atoms with van der Waals surface area (Å²) in [6.45, 7) is 0. The maximum atomic E-state index is 2.44. The van der Waals surface area contributed by atoms with Gasteiger partial charge in [-0.2, -0.15) is 0 Å². The van der Waals surface area contributed by atoms with Crippen LogP contribution in [0.1, 0.15) is 0 Å². The highest BCUT2D eigenvalue weighted by atomic mass is 15.1.